The lowest BCUT2D eigenvalue weighted by Gasteiger charge is -2.00. The quantitative estimate of drug-likeness (QED) is 0.574. The van der Waals surface area contributed by atoms with Gasteiger partial charge in [0.05, 0.1) is 0 Å². The molecule has 0 fully saturated rings. The van der Waals surface area contributed by atoms with Gasteiger partial charge in [-0.15, -0.1) is 11.8 Å². The number of thioether (sulfide) groups is 1. The highest BCUT2D eigenvalue weighted by molar-refractivity contribution is 8.05. The first kappa shape index (κ1) is 11.8. The molecule has 0 radical (unpaired) electrons. The highest BCUT2D eigenvalue weighted by Gasteiger charge is 1.92. The molecule has 0 aromatic heterocycles. The van der Waals surface area contributed by atoms with Crippen LogP contribution in [0, 0.1) is 0 Å². The molecule has 0 aliphatic carbocycles. The summed E-state index contributed by atoms with van der Waals surface area (Å²) in [4.78, 5) is 1.50. The summed E-state index contributed by atoms with van der Waals surface area (Å²) in [6.07, 6.45) is 9.41. The third-order valence-corrected chi connectivity index (χ3v) is 2.72. The van der Waals surface area contributed by atoms with Gasteiger partial charge in [-0.1, -0.05) is 32.4 Å². The third kappa shape index (κ3) is 6.53. The summed E-state index contributed by atoms with van der Waals surface area (Å²) >= 11 is 1.87. The van der Waals surface area contributed by atoms with E-state index in [0.717, 1.165) is 6.42 Å². The number of hydrogen-bond donors (Lipinski definition) is 0. The Morgan fingerprint density at radius 1 is 1.33 bits per heavy atom. The predicted octanol–water partition coefficient (Wildman–Crippen LogP) is 4.74. The highest BCUT2D eigenvalue weighted by Crippen LogP contribution is 2.22. The Balaban J connectivity index is 3.62. The lowest BCUT2D eigenvalue weighted by molar-refractivity contribution is 0.808. The van der Waals surface area contributed by atoms with Crippen molar-refractivity contribution in [2.24, 2.45) is 0 Å². The number of rotatable bonds is 6. The van der Waals surface area contributed by atoms with Gasteiger partial charge in [-0.05, 0) is 36.5 Å². The third-order valence-electron chi connectivity index (χ3n) is 1.65. The van der Waals surface area contributed by atoms with Crippen molar-refractivity contribution < 1.29 is 0 Å². The standard InChI is InChI=1S/C11H20S/c1-4-7-9-11(6-3)12-10-8-5-2/h6,8,10H,4-5,7,9H2,1-3H3/b10-8+,11-6-. The Kier molecular flexibility index (Phi) is 8.80. The zero-order chi connectivity index (χ0) is 9.23. The Bertz CT molecular complexity index is 145. The van der Waals surface area contributed by atoms with Crippen molar-refractivity contribution in [1.29, 1.82) is 0 Å². The summed E-state index contributed by atoms with van der Waals surface area (Å²) in [6, 6.07) is 0. The van der Waals surface area contributed by atoms with E-state index in [4.69, 9.17) is 0 Å². The van der Waals surface area contributed by atoms with Gasteiger partial charge in [0.15, 0.2) is 0 Å². The van der Waals surface area contributed by atoms with E-state index in [-0.39, 0.29) is 0 Å². The molecule has 0 rings (SSSR count). The molecular formula is C11H20S. The van der Waals surface area contributed by atoms with E-state index in [0.29, 0.717) is 0 Å². The van der Waals surface area contributed by atoms with Crippen LogP contribution >= 0.6 is 11.8 Å². The number of hydrogen-bond acceptors (Lipinski definition) is 1. The maximum Gasteiger partial charge on any atom is -0.0151 e. The summed E-state index contributed by atoms with van der Waals surface area (Å²) in [6.45, 7) is 6.52. The molecule has 0 aromatic carbocycles. The van der Waals surface area contributed by atoms with Gasteiger partial charge in [0.1, 0.15) is 0 Å². The molecule has 0 heterocycles. The molecule has 70 valence electrons. The molecule has 0 saturated heterocycles. The maximum atomic E-state index is 2.24. The Morgan fingerprint density at radius 3 is 2.58 bits per heavy atom. The average Bonchev–Trinajstić information content (AvgIpc) is 2.11. The van der Waals surface area contributed by atoms with E-state index in [2.05, 4.69) is 38.3 Å². The van der Waals surface area contributed by atoms with Crippen LogP contribution in [0.3, 0.4) is 0 Å². The fraction of sp³-hybridized carbons (Fsp3) is 0.636. The van der Waals surface area contributed by atoms with Crippen molar-refractivity contribution in [3.8, 4) is 0 Å². The largest absolute Gasteiger partial charge is 0.103 e. The van der Waals surface area contributed by atoms with Gasteiger partial charge < -0.3 is 0 Å². The van der Waals surface area contributed by atoms with Crippen LogP contribution in [0.25, 0.3) is 0 Å². The van der Waals surface area contributed by atoms with Crippen LogP contribution < -0.4 is 0 Å². The van der Waals surface area contributed by atoms with Gasteiger partial charge >= 0.3 is 0 Å². The van der Waals surface area contributed by atoms with Gasteiger partial charge in [0.25, 0.3) is 0 Å². The van der Waals surface area contributed by atoms with E-state index in [1.165, 1.54) is 24.2 Å². The van der Waals surface area contributed by atoms with Crippen LogP contribution in [0.1, 0.15) is 46.5 Å². The van der Waals surface area contributed by atoms with E-state index in [9.17, 15) is 0 Å². The van der Waals surface area contributed by atoms with Crippen molar-refractivity contribution in [2.75, 3.05) is 0 Å². The lowest BCUT2D eigenvalue weighted by atomic mass is 10.2. The summed E-state index contributed by atoms with van der Waals surface area (Å²) in [5, 5.41) is 2.20. The summed E-state index contributed by atoms with van der Waals surface area (Å²) < 4.78 is 0. The number of allylic oxidation sites excluding steroid dienone is 3. The molecule has 0 N–H and O–H groups in total. The molecule has 1 heteroatoms. The van der Waals surface area contributed by atoms with Crippen LogP contribution in [0.5, 0.6) is 0 Å². The topological polar surface area (TPSA) is 0 Å². The van der Waals surface area contributed by atoms with Gasteiger partial charge in [0, 0.05) is 0 Å². The van der Waals surface area contributed by atoms with E-state index in [1.54, 1.807) is 0 Å². The second-order valence-corrected chi connectivity index (χ2v) is 3.79. The molecule has 0 atom stereocenters. The first-order valence-corrected chi connectivity index (χ1v) is 5.69. The van der Waals surface area contributed by atoms with Crippen molar-refractivity contribution >= 4 is 11.8 Å². The molecule has 0 spiro atoms. The minimum Gasteiger partial charge on any atom is -0.103 e. The summed E-state index contributed by atoms with van der Waals surface area (Å²) in [5.74, 6) is 0. The van der Waals surface area contributed by atoms with E-state index < -0.39 is 0 Å². The highest BCUT2D eigenvalue weighted by atomic mass is 32.2. The smallest absolute Gasteiger partial charge is 0.0151 e. The molecule has 0 saturated carbocycles. The molecule has 0 amide bonds. The predicted molar refractivity (Wildman–Crippen MR) is 60.3 cm³/mol. The van der Waals surface area contributed by atoms with Crippen molar-refractivity contribution in [3.63, 3.8) is 0 Å². The fourth-order valence-electron chi connectivity index (χ4n) is 0.854. The Labute approximate surface area is 81.1 Å². The maximum absolute atomic E-state index is 2.24. The molecule has 0 bridgehead atoms. The van der Waals surface area contributed by atoms with Crippen molar-refractivity contribution in [1.82, 2.24) is 0 Å². The molecule has 0 aliphatic heterocycles. The molecule has 12 heavy (non-hydrogen) atoms. The minimum atomic E-state index is 1.14. The molecule has 0 unspecified atom stereocenters. The van der Waals surface area contributed by atoms with Crippen LogP contribution in [-0.2, 0) is 0 Å². The lowest BCUT2D eigenvalue weighted by Crippen LogP contribution is -1.75. The van der Waals surface area contributed by atoms with E-state index >= 15 is 0 Å². The Morgan fingerprint density at radius 2 is 2.08 bits per heavy atom. The summed E-state index contributed by atoms with van der Waals surface area (Å²) in [7, 11) is 0. The normalized spacial score (nSPS) is 12.8. The van der Waals surface area contributed by atoms with Gasteiger partial charge in [0.2, 0.25) is 0 Å². The first-order valence-electron chi connectivity index (χ1n) is 4.82. The molecule has 0 aliphatic rings. The van der Waals surface area contributed by atoms with Gasteiger partial charge in [-0.3, -0.25) is 0 Å². The van der Waals surface area contributed by atoms with Crippen LogP contribution in [0.15, 0.2) is 22.5 Å². The van der Waals surface area contributed by atoms with Gasteiger partial charge in [-0.25, -0.2) is 0 Å². The SMILES string of the molecule is C/C=C(/CCCC)S/C=C/CC. The molecule has 0 aromatic rings. The van der Waals surface area contributed by atoms with Crippen molar-refractivity contribution in [3.05, 3.63) is 22.5 Å². The first-order chi connectivity index (χ1) is 5.85. The second-order valence-electron chi connectivity index (χ2n) is 2.76. The minimum absolute atomic E-state index is 1.14. The Hall–Kier alpha value is -0.170. The van der Waals surface area contributed by atoms with E-state index in [1.807, 2.05) is 11.8 Å². The zero-order valence-corrected chi connectivity index (χ0v) is 9.29. The van der Waals surface area contributed by atoms with Gasteiger partial charge in [-0.2, -0.15) is 0 Å². The van der Waals surface area contributed by atoms with Crippen molar-refractivity contribution in [2.45, 2.75) is 46.5 Å². The van der Waals surface area contributed by atoms with Crippen LogP contribution in [0.2, 0.25) is 0 Å². The average molecular weight is 184 g/mol. The van der Waals surface area contributed by atoms with Crippen LogP contribution in [0.4, 0.5) is 0 Å². The molecular weight excluding hydrogens is 164 g/mol. The number of unbranched alkanes of at least 4 members (excludes halogenated alkanes) is 1. The second kappa shape index (κ2) is 8.92. The molecule has 0 nitrogen and oxygen atoms in total. The fourth-order valence-corrected chi connectivity index (χ4v) is 1.72. The zero-order valence-electron chi connectivity index (χ0n) is 8.47. The summed E-state index contributed by atoms with van der Waals surface area (Å²) in [5.41, 5.74) is 0. The monoisotopic (exact) mass is 184 g/mol. The van der Waals surface area contributed by atoms with Crippen LogP contribution in [-0.4, -0.2) is 0 Å².